The summed E-state index contributed by atoms with van der Waals surface area (Å²) in [5.74, 6) is 1.51. The van der Waals surface area contributed by atoms with E-state index in [0.29, 0.717) is 59.1 Å². The summed E-state index contributed by atoms with van der Waals surface area (Å²) in [6, 6.07) is 6.32. The van der Waals surface area contributed by atoms with E-state index in [1.807, 2.05) is 13.0 Å². The number of hydrogen-bond donors (Lipinski definition) is 0. The van der Waals surface area contributed by atoms with Crippen molar-refractivity contribution in [2.45, 2.75) is 26.8 Å². The number of methoxy groups -OCH3 is 3. The molecule has 1 atom stereocenters. The van der Waals surface area contributed by atoms with Crippen LogP contribution in [0.25, 0.3) is 6.08 Å². The number of nitrogens with zero attached hydrogens (tertiary/aromatic N) is 2. The number of allylic oxidation sites excluding steroid dienone is 1. The minimum Gasteiger partial charge on any atom is -0.493 e. The maximum Gasteiger partial charge on any atom is 0.338 e. The van der Waals surface area contributed by atoms with Gasteiger partial charge in [-0.05, 0) is 78.2 Å². The average Bonchev–Trinajstić information content (AvgIpc) is 3.22. The first-order chi connectivity index (χ1) is 19.2. The molecule has 0 aliphatic carbocycles. The summed E-state index contributed by atoms with van der Waals surface area (Å²) >= 11 is 8.36. The molecule has 3 aromatic rings. The van der Waals surface area contributed by atoms with Crippen molar-refractivity contribution in [1.29, 1.82) is 0 Å². The van der Waals surface area contributed by atoms with Gasteiger partial charge in [0.25, 0.3) is 5.56 Å². The van der Waals surface area contributed by atoms with Gasteiger partial charge in [-0.1, -0.05) is 27.3 Å². The first kappa shape index (κ1) is 29.9. The molecule has 0 saturated heterocycles. The molecule has 0 unspecified atom stereocenters. The largest absolute Gasteiger partial charge is 0.493 e. The zero-order valence-corrected chi connectivity index (χ0v) is 26.8. The Labute approximate surface area is 251 Å². The first-order valence-electron chi connectivity index (χ1n) is 12.3. The molecule has 40 heavy (non-hydrogen) atoms. The Kier molecular flexibility index (Phi) is 9.42. The summed E-state index contributed by atoms with van der Waals surface area (Å²) in [6.07, 6.45) is 1.75. The lowest BCUT2D eigenvalue weighted by atomic mass is 9.95. The van der Waals surface area contributed by atoms with E-state index < -0.39 is 12.0 Å². The van der Waals surface area contributed by atoms with Crippen LogP contribution in [0, 0.1) is 0 Å². The van der Waals surface area contributed by atoms with Crippen molar-refractivity contribution in [2.24, 2.45) is 4.99 Å². The Hall–Kier alpha value is -3.09. The van der Waals surface area contributed by atoms with Crippen molar-refractivity contribution in [3.05, 3.63) is 75.3 Å². The fourth-order valence-corrected chi connectivity index (χ4v) is 6.65. The van der Waals surface area contributed by atoms with E-state index in [2.05, 4.69) is 36.9 Å². The first-order valence-corrected chi connectivity index (χ1v) is 14.7. The molecule has 0 bridgehead atoms. The zero-order valence-electron chi connectivity index (χ0n) is 22.8. The molecule has 4 rings (SSSR count). The van der Waals surface area contributed by atoms with Gasteiger partial charge in [0, 0.05) is 4.47 Å². The zero-order chi connectivity index (χ0) is 29.1. The van der Waals surface area contributed by atoms with Gasteiger partial charge in [0.2, 0.25) is 0 Å². The molecule has 2 aromatic carbocycles. The number of thiazole rings is 1. The van der Waals surface area contributed by atoms with E-state index >= 15 is 0 Å². The molecule has 0 radical (unpaired) electrons. The van der Waals surface area contributed by atoms with E-state index in [0.717, 1.165) is 5.56 Å². The molecule has 1 aromatic heterocycles. The molecule has 12 heteroatoms. The van der Waals surface area contributed by atoms with Crippen LogP contribution in [0.15, 0.2) is 54.3 Å². The quantitative estimate of drug-likeness (QED) is 0.298. The van der Waals surface area contributed by atoms with Crippen LogP contribution in [0.5, 0.6) is 23.0 Å². The lowest BCUT2D eigenvalue weighted by Crippen LogP contribution is -2.40. The Balaban J connectivity index is 1.99. The number of carbonyl (C=O) groups excluding carboxylic acids is 1. The summed E-state index contributed by atoms with van der Waals surface area (Å²) in [4.78, 5) is 32.3. The summed E-state index contributed by atoms with van der Waals surface area (Å²) in [5.41, 5.74) is 1.76. The van der Waals surface area contributed by atoms with E-state index in [9.17, 15) is 9.59 Å². The van der Waals surface area contributed by atoms with Gasteiger partial charge in [-0.25, -0.2) is 9.79 Å². The fourth-order valence-electron chi connectivity index (χ4n) is 4.45. The number of rotatable bonds is 9. The van der Waals surface area contributed by atoms with Crippen molar-refractivity contribution >= 4 is 55.2 Å². The van der Waals surface area contributed by atoms with Gasteiger partial charge in [-0.2, -0.15) is 0 Å². The highest BCUT2D eigenvalue weighted by Gasteiger charge is 2.35. The Morgan fingerprint density at radius 3 is 2.35 bits per heavy atom. The summed E-state index contributed by atoms with van der Waals surface area (Å²) in [7, 11) is 4.64. The second-order valence-corrected chi connectivity index (χ2v) is 11.2. The van der Waals surface area contributed by atoms with E-state index in [1.165, 1.54) is 23.0 Å². The third-order valence-electron chi connectivity index (χ3n) is 6.15. The number of esters is 1. The van der Waals surface area contributed by atoms with Crippen molar-refractivity contribution in [2.75, 3.05) is 34.5 Å². The number of fused-ring (bicyclic) bond motifs is 1. The SMILES string of the molecule is CCOC(=O)C1=C(C)N=c2s/c(=C/c3cc(Br)c(OC)c(OC)c3)c(=O)n2[C@@H]1c1cc(OC)c(OCC)cc1Br. The summed E-state index contributed by atoms with van der Waals surface area (Å²) in [5, 5.41) is 0. The van der Waals surface area contributed by atoms with E-state index in [4.69, 9.17) is 23.7 Å². The normalized spacial score (nSPS) is 14.9. The smallest absolute Gasteiger partial charge is 0.338 e. The lowest BCUT2D eigenvalue weighted by molar-refractivity contribution is -0.139. The number of ether oxygens (including phenoxy) is 5. The van der Waals surface area contributed by atoms with Gasteiger partial charge in [0.05, 0.1) is 60.9 Å². The summed E-state index contributed by atoms with van der Waals surface area (Å²) < 4.78 is 30.8. The van der Waals surface area contributed by atoms with Gasteiger partial charge in [0.15, 0.2) is 27.8 Å². The molecule has 212 valence electrons. The van der Waals surface area contributed by atoms with Crippen LogP contribution < -0.4 is 33.8 Å². The third kappa shape index (κ3) is 5.57. The monoisotopic (exact) mass is 694 g/mol. The molecule has 1 aliphatic rings. The Morgan fingerprint density at radius 2 is 1.73 bits per heavy atom. The molecule has 0 saturated carbocycles. The highest BCUT2D eigenvalue weighted by molar-refractivity contribution is 9.10. The molecular weight excluding hydrogens is 668 g/mol. The molecule has 9 nitrogen and oxygen atoms in total. The average molecular weight is 696 g/mol. The van der Waals surface area contributed by atoms with Crippen LogP contribution in [-0.2, 0) is 9.53 Å². The maximum atomic E-state index is 14.0. The number of aromatic nitrogens is 1. The van der Waals surface area contributed by atoms with Crippen LogP contribution in [-0.4, -0.2) is 45.1 Å². The van der Waals surface area contributed by atoms with Gasteiger partial charge in [-0.15, -0.1) is 0 Å². The van der Waals surface area contributed by atoms with Gasteiger partial charge < -0.3 is 23.7 Å². The highest BCUT2D eigenvalue weighted by Crippen LogP contribution is 2.41. The number of carbonyl (C=O) groups is 1. The maximum absolute atomic E-state index is 14.0. The number of hydrogen-bond acceptors (Lipinski definition) is 9. The minimum atomic E-state index is -0.825. The van der Waals surface area contributed by atoms with Crippen LogP contribution in [0.1, 0.15) is 37.9 Å². The lowest BCUT2D eigenvalue weighted by Gasteiger charge is -2.26. The van der Waals surface area contributed by atoms with Crippen LogP contribution >= 0.6 is 43.2 Å². The molecule has 2 heterocycles. The third-order valence-corrected chi connectivity index (χ3v) is 8.41. The number of halogens is 2. The van der Waals surface area contributed by atoms with Crippen molar-refractivity contribution < 1.29 is 28.5 Å². The molecule has 0 N–H and O–H groups in total. The van der Waals surface area contributed by atoms with Gasteiger partial charge in [0.1, 0.15) is 0 Å². The Bertz CT molecular complexity index is 1680. The predicted molar refractivity (Wildman–Crippen MR) is 160 cm³/mol. The van der Waals surface area contributed by atoms with Gasteiger partial charge in [-0.3, -0.25) is 9.36 Å². The van der Waals surface area contributed by atoms with E-state index in [-0.39, 0.29) is 17.7 Å². The second-order valence-electron chi connectivity index (χ2n) is 8.50. The van der Waals surface area contributed by atoms with Gasteiger partial charge >= 0.3 is 5.97 Å². The van der Waals surface area contributed by atoms with E-state index in [1.54, 1.807) is 52.3 Å². The minimum absolute atomic E-state index is 0.175. The van der Waals surface area contributed by atoms with Crippen LogP contribution in [0.2, 0.25) is 0 Å². The standard InChI is InChI=1S/C28H28Br2N2O7S/c1-7-38-20-13-17(29)16(12-19(20)35-4)24-23(27(34)39-8-2)14(3)31-28-32(24)26(33)22(40-28)11-15-9-18(30)25(37-6)21(10-15)36-5/h9-13,24H,7-8H2,1-6H3/b22-11+/t24-/m1/s1. The predicted octanol–water partition coefficient (Wildman–Crippen LogP) is 4.75. The topological polar surface area (TPSA) is 97.6 Å². The van der Waals surface area contributed by atoms with Crippen LogP contribution in [0.3, 0.4) is 0 Å². The van der Waals surface area contributed by atoms with Crippen molar-refractivity contribution in [3.63, 3.8) is 0 Å². The number of benzene rings is 2. The Morgan fingerprint density at radius 1 is 1.00 bits per heavy atom. The molecule has 0 amide bonds. The molecule has 0 fully saturated rings. The second kappa shape index (κ2) is 12.6. The summed E-state index contributed by atoms with van der Waals surface area (Å²) in [6.45, 7) is 5.96. The van der Waals surface area contributed by atoms with Crippen LogP contribution in [0.4, 0.5) is 0 Å². The highest BCUT2D eigenvalue weighted by atomic mass is 79.9. The fraction of sp³-hybridized carbons (Fsp3) is 0.321. The molecule has 1 aliphatic heterocycles. The molecular formula is C28H28Br2N2O7S. The van der Waals surface area contributed by atoms with Crippen molar-refractivity contribution in [1.82, 2.24) is 4.57 Å². The molecule has 0 spiro atoms. The van der Waals surface area contributed by atoms with Crippen molar-refractivity contribution in [3.8, 4) is 23.0 Å².